The number of ether oxygens (including phenoxy) is 2. The second-order valence-electron chi connectivity index (χ2n) is 7.52. The Morgan fingerprint density at radius 3 is 2.56 bits per heavy atom. The molecule has 1 N–H and O–H groups in total. The van der Waals surface area contributed by atoms with Crippen molar-refractivity contribution in [3.8, 4) is 29.1 Å². The Balaban J connectivity index is 1.40. The van der Waals surface area contributed by atoms with Crippen LogP contribution in [0.4, 0.5) is 11.5 Å². The normalized spacial score (nSPS) is 10.4. The summed E-state index contributed by atoms with van der Waals surface area (Å²) in [5, 5.41) is 4.27. The molecule has 166 valence electrons. The predicted molar refractivity (Wildman–Crippen MR) is 134 cm³/mol. The Labute approximate surface area is 197 Å². The fraction of sp³-hybridized carbons (Fsp3) is 0.0714. The highest BCUT2D eigenvalue weighted by Gasteiger charge is 2.10. The summed E-state index contributed by atoms with van der Waals surface area (Å²) in [7, 11) is 1.62. The zero-order valence-electron chi connectivity index (χ0n) is 18.6. The average molecular weight is 447 g/mol. The van der Waals surface area contributed by atoms with E-state index in [2.05, 4.69) is 27.1 Å². The standard InChI is InChI=1S/C28H22N4O2/c1-33-27-19-22(12-14-26(27)34-23-9-3-2-4-10-23)31-28-24-18-21(11-13-25(24)29-20-30-28)8-7-17-32-15-5-6-16-32/h2-6,9-16,18-20H,17H2,1H3,(H,29,30,31). The molecule has 6 heteroatoms. The molecule has 2 heterocycles. The van der Waals surface area contributed by atoms with Crippen molar-refractivity contribution in [1.82, 2.24) is 14.5 Å². The molecule has 34 heavy (non-hydrogen) atoms. The van der Waals surface area contributed by atoms with E-state index in [1.54, 1.807) is 13.4 Å². The molecule has 0 amide bonds. The number of nitrogens with one attached hydrogen (secondary N) is 1. The van der Waals surface area contributed by atoms with Crippen LogP contribution in [0.3, 0.4) is 0 Å². The third-order valence-electron chi connectivity index (χ3n) is 5.19. The SMILES string of the molecule is COc1cc(Nc2ncnc3ccc(C#CCn4cccc4)cc23)ccc1Oc1ccccc1. The maximum atomic E-state index is 5.96. The van der Waals surface area contributed by atoms with Gasteiger partial charge >= 0.3 is 0 Å². The summed E-state index contributed by atoms with van der Waals surface area (Å²) in [6.45, 7) is 0.638. The molecule has 0 aliphatic carbocycles. The first-order valence-electron chi connectivity index (χ1n) is 10.8. The molecule has 6 nitrogen and oxygen atoms in total. The van der Waals surface area contributed by atoms with Gasteiger partial charge in [-0.3, -0.25) is 0 Å². The van der Waals surface area contributed by atoms with Gasteiger partial charge in [0.25, 0.3) is 0 Å². The number of anilines is 2. The second-order valence-corrected chi connectivity index (χ2v) is 7.52. The molecule has 0 saturated heterocycles. The van der Waals surface area contributed by atoms with E-state index in [0.29, 0.717) is 23.9 Å². The van der Waals surface area contributed by atoms with Crippen LogP contribution >= 0.6 is 0 Å². The fourth-order valence-electron chi connectivity index (χ4n) is 3.52. The molecule has 0 aliphatic heterocycles. The lowest BCUT2D eigenvalue weighted by atomic mass is 10.1. The molecule has 0 radical (unpaired) electrons. The molecule has 5 rings (SSSR count). The topological polar surface area (TPSA) is 61.2 Å². The second kappa shape index (κ2) is 9.80. The third-order valence-corrected chi connectivity index (χ3v) is 5.19. The van der Waals surface area contributed by atoms with Crippen molar-refractivity contribution in [3.63, 3.8) is 0 Å². The quantitative estimate of drug-likeness (QED) is 0.323. The molecular formula is C28H22N4O2. The number of hydrogen-bond donors (Lipinski definition) is 1. The monoisotopic (exact) mass is 446 g/mol. The highest BCUT2D eigenvalue weighted by atomic mass is 16.5. The van der Waals surface area contributed by atoms with Gasteiger partial charge in [0.05, 0.1) is 19.2 Å². The van der Waals surface area contributed by atoms with Gasteiger partial charge in [0.1, 0.15) is 17.9 Å². The van der Waals surface area contributed by atoms with Crippen molar-refractivity contribution >= 4 is 22.4 Å². The van der Waals surface area contributed by atoms with Gasteiger partial charge in [-0.25, -0.2) is 9.97 Å². The molecule has 3 aromatic carbocycles. The molecule has 2 aromatic heterocycles. The number of rotatable bonds is 6. The fourth-order valence-corrected chi connectivity index (χ4v) is 3.52. The summed E-state index contributed by atoms with van der Waals surface area (Å²) >= 11 is 0. The van der Waals surface area contributed by atoms with E-state index in [4.69, 9.17) is 9.47 Å². The number of hydrogen-bond acceptors (Lipinski definition) is 5. The lowest BCUT2D eigenvalue weighted by Gasteiger charge is -2.13. The summed E-state index contributed by atoms with van der Waals surface area (Å²) in [5.41, 5.74) is 2.56. The van der Waals surface area contributed by atoms with Gasteiger partial charge in [0.15, 0.2) is 11.5 Å². The first kappa shape index (κ1) is 21.1. The minimum Gasteiger partial charge on any atom is -0.493 e. The lowest BCUT2D eigenvalue weighted by Crippen LogP contribution is -1.98. The Hall–Kier alpha value is -4.76. The number of methoxy groups -OCH3 is 1. The Kier molecular flexibility index (Phi) is 6.08. The van der Waals surface area contributed by atoms with Gasteiger partial charge < -0.3 is 19.4 Å². The van der Waals surface area contributed by atoms with E-state index in [0.717, 1.165) is 27.9 Å². The summed E-state index contributed by atoms with van der Waals surface area (Å²) < 4.78 is 13.6. The molecule has 0 fully saturated rings. The first-order valence-corrected chi connectivity index (χ1v) is 10.8. The molecule has 5 aromatic rings. The number of para-hydroxylation sites is 1. The van der Waals surface area contributed by atoms with E-state index < -0.39 is 0 Å². The molecule has 0 saturated carbocycles. The largest absolute Gasteiger partial charge is 0.493 e. The van der Waals surface area contributed by atoms with Crippen molar-refractivity contribution in [2.24, 2.45) is 0 Å². The Bertz CT molecular complexity index is 1470. The van der Waals surface area contributed by atoms with Gasteiger partial charge in [0.2, 0.25) is 0 Å². The van der Waals surface area contributed by atoms with Gasteiger partial charge in [0, 0.05) is 35.1 Å². The number of aromatic nitrogens is 3. The van der Waals surface area contributed by atoms with Crippen molar-refractivity contribution in [2.75, 3.05) is 12.4 Å². The molecule has 0 bridgehead atoms. The van der Waals surface area contributed by atoms with Crippen molar-refractivity contribution < 1.29 is 9.47 Å². The van der Waals surface area contributed by atoms with E-state index in [-0.39, 0.29) is 0 Å². The summed E-state index contributed by atoms with van der Waals surface area (Å²) in [4.78, 5) is 8.86. The maximum absolute atomic E-state index is 5.96. The molecule has 0 atom stereocenters. The zero-order valence-corrected chi connectivity index (χ0v) is 18.6. The van der Waals surface area contributed by atoms with Crippen molar-refractivity contribution in [3.05, 3.63) is 103 Å². The van der Waals surface area contributed by atoms with E-state index >= 15 is 0 Å². The van der Waals surface area contributed by atoms with Crippen molar-refractivity contribution in [2.45, 2.75) is 6.54 Å². The van der Waals surface area contributed by atoms with Crippen molar-refractivity contribution in [1.29, 1.82) is 0 Å². The van der Waals surface area contributed by atoms with E-state index in [1.807, 2.05) is 95.8 Å². The Morgan fingerprint density at radius 1 is 0.882 bits per heavy atom. The van der Waals surface area contributed by atoms with Crippen LogP contribution < -0.4 is 14.8 Å². The van der Waals surface area contributed by atoms with E-state index in [9.17, 15) is 0 Å². The molecule has 0 spiro atoms. The molecule has 0 aliphatic rings. The van der Waals surface area contributed by atoms with Crippen LogP contribution in [0.5, 0.6) is 17.2 Å². The maximum Gasteiger partial charge on any atom is 0.169 e. The highest BCUT2D eigenvalue weighted by Crippen LogP contribution is 2.35. The zero-order chi connectivity index (χ0) is 23.2. The molecular weight excluding hydrogens is 424 g/mol. The third kappa shape index (κ3) is 4.84. The van der Waals surface area contributed by atoms with Gasteiger partial charge in [-0.1, -0.05) is 30.0 Å². The summed E-state index contributed by atoms with van der Waals surface area (Å²) in [5.74, 6) is 9.11. The van der Waals surface area contributed by atoms with Crippen LogP contribution in [-0.4, -0.2) is 21.6 Å². The predicted octanol–water partition coefficient (Wildman–Crippen LogP) is 6.03. The number of nitrogens with zero attached hydrogens (tertiary/aromatic N) is 3. The number of benzene rings is 3. The summed E-state index contributed by atoms with van der Waals surface area (Å²) in [6.07, 6.45) is 5.54. The lowest BCUT2D eigenvalue weighted by molar-refractivity contribution is 0.379. The minimum atomic E-state index is 0.615. The number of fused-ring (bicyclic) bond motifs is 1. The summed E-state index contributed by atoms with van der Waals surface area (Å²) in [6, 6.07) is 25.2. The van der Waals surface area contributed by atoms with Gasteiger partial charge in [-0.15, -0.1) is 0 Å². The molecule has 0 unspecified atom stereocenters. The minimum absolute atomic E-state index is 0.615. The first-order chi connectivity index (χ1) is 16.8. The van der Waals surface area contributed by atoms with E-state index in [1.165, 1.54) is 0 Å². The Morgan fingerprint density at radius 2 is 1.74 bits per heavy atom. The highest BCUT2D eigenvalue weighted by molar-refractivity contribution is 5.91. The smallest absolute Gasteiger partial charge is 0.169 e. The average Bonchev–Trinajstić information content (AvgIpc) is 3.39. The van der Waals surface area contributed by atoms with Gasteiger partial charge in [-0.2, -0.15) is 0 Å². The van der Waals surface area contributed by atoms with Crippen LogP contribution in [-0.2, 0) is 6.54 Å². The van der Waals surface area contributed by atoms with Crippen LogP contribution in [0, 0.1) is 11.8 Å². The van der Waals surface area contributed by atoms with Crippen LogP contribution in [0.15, 0.2) is 97.6 Å². The van der Waals surface area contributed by atoms with Crippen LogP contribution in [0.25, 0.3) is 10.9 Å². The van der Waals surface area contributed by atoms with Gasteiger partial charge in [-0.05, 0) is 54.6 Å². The van der Waals surface area contributed by atoms with Crippen LogP contribution in [0.1, 0.15) is 5.56 Å². The van der Waals surface area contributed by atoms with Crippen LogP contribution in [0.2, 0.25) is 0 Å².